The van der Waals surface area contributed by atoms with Crippen molar-refractivity contribution < 1.29 is 14.6 Å². The van der Waals surface area contributed by atoms with Crippen LogP contribution in [0.1, 0.15) is 5.56 Å². The third-order valence-corrected chi connectivity index (χ3v) is 3.46. The Hall–Kier alpha value is -1.56. The van der Waals surface area contributed by atoms with Crippen LogP contribution in [0, 0.1) is 0 Å². The highest BCUT2D eigenvalue weighted by molar-refractivity contribution is 9.10. The standard InChI is InChI=1S/C15H13BrClNO3/c16-11-3-6-14(13(17)7-11)21-9-15(20)18-12-4-1-10(8-19)2-5-12/h1-7,19H,8-9H2,(H,18,20). The fourth-order valence-corrected chi connectivity index (χ4v) is 2.35. The van der Waals surface area contributed by atoms with E-state index in [4.69, 9.17) is 21.4 Å². The minimum atomic E-state index is -0.286. The summed E-state index contributed by atoms with van der Waals surface area (Å²) in [5.41, 5.74) is 1.42. The van der Waals surface area contributed by atoms with Crippen LogP contribution in [0.3, 0.4) is 0 Å². The Morgan fingerprint density at radius 1 is 1.24 bits per heavy atom. The predicted molar refractivity (Wildman–Crippen MR) is 85.6 cm³/mol. The SMILES string of the molecule is O=C(COc1ccc(Br)cc1Cl)Nc1ccc(CO)cc1. The number of rotatable bonds is 5. The van der Waals surface area contributed by atoms with Gasteiger partial charge in [-0.05, 0) is 35.9 Å². The molecule has 110 valence electrons. The quantitative estimate of drug-likeness (QED) is 0.845. The van der Waals surface area contributed by atoms with Crippen LogP contribution < -0.4 is 10.1 Å². The molecule has 2 aromatic carbocycles. The second-order valence-corrected chi connectivity index (χ2v) is 5.59. The smallest absolute Gasteiger partial charge is 0.262 e. The van der Waals surface area contributed by atoms with Crippen LogP contribution in [0.4, 0.5) is 5.69 Å². The van der Waals surface area contributed by atoms with Gasteiger partial charge in [-0.2, -0.15) is 0 Å². The van der Waals surface area contributed by atoms with E-state index >= 15 is 0 Å². The van der Waals surface area contributed by atoms with Gasteiger partial charge in [-0.25, -0.2) is 0 Å². The van der Waals surface area contributed by atoms with Crippen molar-refractivity contribution in [1.29, 1.82) is 0 Å². The van der Waals surface area contributed by atoms with Crippen molar-refractivity contribution in [3.63, 3.8) is 0 Å². The normalized spacial score (nSPS) is 10.2. The summed E-state index contributed by atoms with van der Waals surface area (Å²) in [6, 6.07) is 12.1. The molecule has 2 rings (SSSR count). The summed E-state index contributed by atoms with van der Waals surface area (Å²) in [5, 5.41) is 12.1. The molecular weight excluding hydrogens is 358 g/mol. The Bertz CT molecular complexity index is 631. The van der Waals surface area contributed by atoms with Crippen LogP contribution >= 0.6 is 27.5 Å². The molecule has 21 heavy (non-hydrogen) atoms. The first-order valence-corrected chi connectivity index (χ1v) is 7.33. The fraction of sp³-hybridized carbons (Fsp3) is 0.133. The maximum atomic E-state index is 11.8. The number of ether oxygens (including phenoxy) is 1. The van der Waals surface area contributed by atoms with Gasteiger partial charge in [0.25, 0.3) is 5.91 Å². The topological polar surface area (TPSA) is 58.6 Å². The summed E-state index contributed by atoms with van der Waals surface area (Å²) in [5.74, 6) is 0.163. The van der Waals surface area contributed by atoms with Crippen molar-refractivity contribution in [3.8, 4) is 5.75 Å². The second kappa shape index (κ2) is 7.45. The first kappa shape index (κ1) is 15.8. The molecule has 0 bridgehead atoms. The molecule has 2 N–H and O–H groups in total. The van der Waals surface area contributed by atoms with Gasteiger partial charge in [-0.3, -0.25) is 4.79 Å². The Labute approximate surface area is 135 Å². The average molecular weight is 371 g/mol. The third kappa shape index (κ3) is 4.74. The van der Waals surface area contributed by atoms with Gasteiger partial charge in [0.1, 0.15) is 5.75 Å². The average Bonchev–Trinajstić information content (AvgIpc) is 2.47. The lowest BCUT2D eigenvalue weighted by Crippen LogP contribution is -2.20. The molecule has 0 aromatic heterocycles. The van der Waals surface area contributed by atoms with Crippen LogP contribution in [-0.2, 0) is 11.4 Å². The summed E-state index contributed by atoms with van der Waals surface area (Å²) in [6.07, 6.45) is 0. The Morgan fingerprint density at radius 2 is 1.95 bits per heavy atom. The van der Waals surface area contributed by atoms with E-state index in [9.17, 15) is 4.79 Å². The van der Waals surface area contributed by atoms with E-state index in [1.807, 2.05) is 0 Å². The molecule has 0 atom stereocenters. The molecule has 0 aliphatic rings. The van der Waals surface area contributed by atoms with Crippen LogP contribution in [0.2, 0.25) is 5.02 Å². The molecular formula is C15H13BrClNO3. The zero-order chi connectivity index (χ0) is 15.2. The van der Waals surface area contributed by atoms with Crippen molar-refractivity contribution in [3.05, 3.63) is 57.5 Å². The zero-order valence-corrected chi connectivity index (χ0v) is 13.3. The van der Waals surface area contributed by atoms with Gasteiger partial charge in [-0.15, -0.1) is 0 Å². The van der Waals surface area contributed by atoms with Crippen molar-refractivity contribution in [2.24, 2.45) is 0 Å². The number of hydrogen-bond donors (Lipinski definition) is 2. The van der Waals surface area contributed by atoms with E-state index in [2.05, 4.69) is 21.2 Å². The highest BCUT2D eigenvalue weighted by Crippen LogP contribution is 2.27. The number of anilines is 1. The van der Waals surface area contributed by atoms with Crippen molar-refractivity contribution in [2.45, 2.75) is 6.61 Å². The van der Waals surface area contributed by atoms with E-state index in [0.717, 1.165) is 10.0 Å². The Morgan fingerprint density at radius 3 is 2.57 bits per heavy atom. The Balaban J connectivity index is 1.89. The van der Waals surface area contributed by atoms with E-state index in [1.165, 1.54) is 0 Å². The number of aliphatic hydroxyl groups is 1. The lowest BCUT2D eigenvalue weighted by molar-refractivity contribution is -0.118. The molecule has 0 heterocycles. The number of benzene rings is 2. The molecule has 0 aliphatic carbocycles. The highest BCUT2D eigenvalue weighted by atomic mass is 79.9. The van der Waals surface area contributed by atoms with Crippen LogP contribution in [0.15, 0.2) is 46.9 Å². The van der Waals surface area contributed by atoms with Gasteiger partial charge in [0.05, 0.1) is 11.6 Å². The number of nitrogens with one attached hydrogen (secondary N) is 1. The van der Waals surface area contributed by atoms with E-state index in [1.54, 1.807) is 42.5 Å². The maximum Gasteiger partial charge on any atom is 0.262 e. The lowest BCUT2D eigenvalue weighted by atomic mass is 10.2. The molecule has 0 saturated heterocycles. The van der Waals surface area contributed by atoms with Crippen LogP contribution in [-0.4, -0.2) is 17.6 Å². The van der Waals surface area contributed by atoms with E-state index in [0.29, 0.717) is 16.5 Å². The zero-order valence-electron chi connectivity index (χ0n) is 11.0. The molecule has 0 unspecified atom stereocenters. The molecule has 0 fully saturated rings. The van der Waals surface area contributed by atoms with Crippen molar-refractivity contribution in [2.75, 3.05) is 11.9 Å². The highest BCUT2D eigenvalue weighted by Gasteiger charge is 2.07. The number of hydrogen-bond acceptors (Lipinski definition) is 3. The van der Waals surface area contributed by atoms with Gasteiger partial charge in [-0.1, -0.05) is 39.7 Å². The molecule has 0 radical (unpaired) electrons. The molecule has 4 nitrogen and oxygen atoms in total. The van der Waals surface area contributed by atoms with Crippen molar-refractivity contribution in [1.82, 2.24) is 0 Å². The minimum absolute atomic E-state index is 0.0284. The van der Waals surface area contributed by atoms with Crippen molar-refractivity contribution >= 4 is 39.1 Å². The third-order valence-electron chi connectivity index (χ3n) is 2.67. The molecule has 0 spiro atoms. The maximum absolute atomic E-state index is 11.8. The largest absolute Gasteiger partial charge is 0.482 e. The number of halogens is 2. The summed E-state index contributed by atoms with van der Waals surface area (Å²) < 4.78 is 6.21. The lowest BCUT2D eigenvalue weighted by Gasteiger charge is -2.09. The van der Waals surface area contributed by atoms with Crippen LogP contribution in [0.25, 0.3) is 0 Å². The summed E-state index contributed by atoms with van der Waals surface area (Å²) in [7, 11) is 0. The molecule has 6 heteroatoms. The molecule has 2 aromatic rings. The van der Waals surface area contributed by atoms with Gasteiger partial charge in [0.2, 0.25) is 0 Å². The number of amides is 1. The number of aliphatic hydroxyl groups excluding tert-OH is 1. The van der Waals surface area contributed by atoms with Crippen LogP contribution in [0.5, 0.6) is 5.75 Å². The minimum Gasteiger partial charge on any atom is -0.482 e. The van der Waals surface area contributed by atoms with Gasteiger partial charge in [0.15, 0.2) is 6.61 Å². The van der Waals surface area contributed by atoms with E-state index < -0.39 is 0 Å². The second-order valence-electron chi connectivity index (χ2n) is 4.27. The number of carbonyl (C=O) groups is 1. The Kier molecular flexibility index (Phi) is 5.61. The molecule has 1 amide bonds. The van der Waals surface area contributed by atoms with E-state index in [-0.39, 0.29) is 19.1 Å². The first-order valence-electron chi connectivity index (χ1n) is 6.16. The number of carbonyl (C=O) groups excluding carboxylic acids is 1. The monoisotopic (exact) mass is 369 g/mol. The predicted octanol–water partition coefficient (Wildman–Crippen LogP) is 3.61. The van der Waals surface area contributed by atoms with Gasteiger partial charge < -0.3 is 15.2 Å². The summed E-state index contributed by atoms with van der Waals surface area (Å²) >= 11 is 9.29. The molecule has 0 saturated carbocycles. The molecule has 0 aliphatic heterocycles. The van der Waals surface area contributed by atoms with Gasteiger partial charge >= 0.3 is 0 Å². The summed E-state index contributed by atoms with van der Waals surface area (Å²) in [4.78, 5) is 11.8. The summed E-state index contributed by atoms with van der Waals surface area (Å²) in [6.45, 7) is -0.164. The first-order chi connectivity index (χ1) is 10.1. The van der Waals surface area contributed by atoms with Gasteiger partial charge in [0, 0.05) is 10.2 Å². The fourth-order valence-electron chi connectivity index (χ4n) is 1.63.